The van der Waals surface area contributed by atoms with E-state index >= 15 is 0 Å². The summed E-state index contributed by atoms with van der Waals surface area (Å²) in [6, 6.07) is 15.1. The molecule has 2 N–H and O–H groups in total. The number of aromatic hydroxyl groups is 1. The van der Waals surface area contributed by atoms with Crippen LogP contribution in [-0.2, 0) is 11.4 Å². The molecular formula is C24H17Cl2N3O6. The van der Waals surface area contributed by atoms with Crippen molar-refractivity contribution in [3.05, 3.63) is 91.5 Å². The molecular weight excluding hydrogens is 497 g/mol. The van der Waals surface area contributed by atoms with Gasteiger partial charge in [-0.15, -0.1) is 0 Å². The summed E-state index contributed by atoms with van der Waals surface area (Å²) in [6.07, 6.45) is 1.27. The number of nitro benzene ring substituents is 1. The predicted molar refractivity (Wildman–Crippen MR) is 131 cm³/mol. The molecule has 0 atom stereocenters. The summed E-state index contributed by atoms with van der Waals surface area (Å²) in [5.74, 6) is -0.841. The third-order valence-electron chi connectivity index (χ3n) is 4.70. The number of ether oxygens (including phenoxy) is 2. The Hall–Kier alpha value is -4.26. The van der Waals surface area contributed by atoms with Crippen LogP contribution in [-0.4, -0.2) is 23.0 Å². The van der Waals surface area contributed by atoms with E-state index in [1.165, 1.54) is 25.3 Å². The fraction of sp³-hybridized carbons (Fsp3) is 0.0833. The van der Waals surface area contributed by atoms with Gasteiger partial charge in [-0.3, -0.25) is 14.9 Å². The Kier molecular flexibility index (Phi) is 8.15. The lowest BCUT2D eigenvalue weighted by atomic mass is 10.1. The lowest BCUT2D eigenvalue weighted by Crippen LogP contribution is -2.13. The second-order valence-corrected chi connectivity index (χ2v) is 7.81. The zero-order valence-electron chi connectivity index (χ0n) is 18.1. The number of nitrogens with zero attached hydrogens (tertiary/aromatic N) is 2. The maximum Gasteiger partial charge on any atom is 0.273 e. The fourth-order valence-corrected chi connectivity index (χ4v) is 3.44. The van der Waals surface area contributed by atoms with Crippen LogP contribution < -0.4 is 14.8 Å². The van der Waals surface area contributed by atoms with Crippen LogP contribution in [0.15, 0.2) is 60.2 Å². The number of halogens is 2. The zero-order chi connectivity index (χ0) is 25.5. The second-order valence-electron chi connectivity index (χ2n) is 7.00. The summed E-state index contributed by atoms with van der Waals surface area (Å²) in [5.41, 5.74) is 0.354. The van der Waals surface area contributed by atoms with Crippen LogP contribution >= 0.6 is 23.2 Å². The van der Waals surface area contributed by atoms with Gasteiger partial charge in [0, 0.05) is 16.7 Å². The van der Waals surface area contributed by atoms with Gasteiger partial charge in [0.15, 0.2) is 11.5 Å². The molecule has 0 aliphatic carbocycles. The molecule has 0 heterocycles. The number of phenols is 1. The van der Waals surface area contributed by atoms with Crippen LogP contribution in [0.3, 0.4) is 0 Å². The number of benzene rings is 3. The number of nitrogens with one attached hydrogen (secondary N) is 1. The zero-order valence-corrected chi connectivity index (χ0v) is 19.6. The van der Waals surface area contributed by atoms with Gasteiger partial charge in [0.25, 0.3) is 11.6 Å². The highest BCUT2D eigenvalue weighted by atomic mass is 35.5. The minimum Gasteiger partial charge on any atom is -0.506 e. The first kappa shape index (κ1) is 25.4. The van der Waals surface area contributed by atoms with Crippen molar-refractivity contribution >= 4 is 46.6 Å². The lowest BCUT2D eigenvalue weighted by Gasteiger charge is -2.14. The molecule has 0 bridgehead atoms. The summed E-state index contributed by atoms with van der Waals surface area (Å²) >= 11 is 12.5. The maximum absolute atomic E-state index is 12.6. The number of carbonyl (C=O) groups excluding carboxylic acids is 1. The van der Waals surface area contributed by atoms with E-state index in [0.29, 0.717) is 10.6 Å². The van der Waals surface area contributed by atoms with E-state index in [-0.39, 0.29) is 40.1 Å². The Morgan fingerprint density at radius 2 is 1.94 bits per heavy atom. The standard InChI is InChI=1S/C24H17Cl2N3O6/c1-34-22-10-14(9-19(26)23(22)35-13-15-4-2-3-5-18(15)25)8-16(12-27)24(31)28-20-7-6-17(29(32)33)11-21(20)30/h2-11,30H,13H2,1H3,(H,28,31). The molecule has 0 saturated heterocycles. The van der Waals surface area contributed by atoms with Crippen molar-refractivity contribution < 1.29 is 24.3 Å². The number of anilines is 1. The average Bonchev–Trinajstić information content (AvgIpc) is 2.83. The number of nitriles is 1. The van der Waals surface area contributed by atoms with Crippen LogP contribution in [0.25, 0.3) is 6.08 Å². The predicted octanol–water partition coefficient (Wildman–Crippen LogP) is 5.74. The molecule has 3 rings (SSSR count). The van der Waals surface area contributed by atoms with Gasteiger partial charge in [-0.1, -0.05) is 41.4 Å². The highest BCUT2D eigenvalue weighted by molar-refractivity contribution is 6.32. The summed E-state index contributed by atoms with van der Waals surface area (Å²) in [5, 5.41) is 33.3. The molecule has 0 saturated carbocycles. The topological polar surface area (TPSA) is 135 Å². The third-order valence-corrected chi connectivity index (χ3v) is 5.35. The Morgan fingerprint density at radius 1 is 1.20 bits per heavy atom. The molecule has 0 fully saturated rings. The van der Waals surface area contributed by atoms with E-state index in [2.05, 4.69) is 5.32 Å². The Morgan fingerprint density at radius 3 is 2.57 bits per heavy atom. The monoisotopic (exact) mass is 513 g/mol. The van der Waals surface area contributed by atoms with Crippen molar-refractivity contribution in [1.82, 2.24) is 0 Å². The van der Waals surface area contributed by atoms with Crippen LogP contribution in [0, 0.1) is 21.4 Å². The van der Waals surface area contributed by atoms with Gasteiger partial charge < -0.3 is 19.9 Å². The van der Waals surface area contributed by atoms with E-state index < -0.39 is 16.6 Å². The fourth-order valence-electron chi connectivity index (χ4n) is 2.97. The molecule has 0 radical (unpaired) electrons. The second kappa shape index (κ2) is 11.2. The molecule has 35 heavy (non-hydrogen) atoms. The van der Waals surface area contributed by atoms with Gasteiger partial charge in [-0.05, 0) is 35.9 Å². The largest absolute Gasteiger partial charge is 0.506 e. The number of nitro groups is 1. The number of hydrogen-bond acceptors (Lipinski definition) is 7. The van der Waals surface area contributed by atoms with E-state index in [0.717, 1.165) is 23.8 Å². The summed E-state index contributed by atoms with van der Waals surface area (Å²) < 4.78 is 11.2. The SMILES string of the molecule is COc1cc(C=C(C#N)C(=O)Nc2ccc([N+](=O)[O-])cc2O)cc(Cl)c1OCc1ccccc1Cl. The van der Waals surface area contributed by atoms with Crippen molar-refractivity contribution in [3.8, 4) is 23.3 Å². The first-order valence-corrected chi connectivity index (χ1v) is 10.6. The summed E-state index contributed by atoms with van der Waals surface area (Å²) in [4.78, 5) is 22.7. The molecule has 1 amide bonds. The number of hydrogen-bond donors (Lipinski definition) is 2. The molecule has 3 aromatic rings. The third kappa shape index (κ3) is 6.20. The first-order chi connectivity index (χ1) is 16.7. The molecule has 0 spiro atoms. The van der Waals surface area contributed by atoms with E-state index in [9.17, 15) is 25.3 Å². The molecule has 178 valence electrons. The van der Waals surface area contributed by atoms with E-state index in [1.54, 1.807) is 24.3 Å². The quantitative estimate of drug-likeness (QED) is 0.129. The van der Waals surface area contributed by atoms with Crippen molar-refractivity contribution in [2.45, 2.75) is 6.61 Å². The number of phenolic OH excluding ortho intramolecular Hbond substituents is 1. The van der Waals surface area contributed by atoms with Crippen molar-refractivity contribution in [2.75, 3.05) is 12.4 Å². The van der Waals surface area contributed by atoms with Crippen molar-refractivity contribution in [3.63, 3.8) is 0 Å². The molecule has 9 nitrogen and oxygen atoms in total. The minimum absolute atomic E-state index is 0.0966. The van der Waals surface area contributed by atoms with E-state index in [1.807, 2.05) is 6.07 Å². The van der Waals surface area contributed by atoms with E-state index in [4.69, 9.17) is 32.7 Å². The number of carbonyl (C=O) groups is 1. The highest BCUT2D eigenvalue weighted by Crippen LogP contribution is 2.38. The average molecular weight is 514 g/mol. The van der Waals surface area contributed by atoms with Gasteiger partial charge in [0.1, 0.15) is 24.0 Å². The Labute approximate surface area is 209 Å². The number of rotatable bonds is 8. The lowest BCUT2D eigenvalue weighted by molar-refractivity contribution is -0.384. The number of methoxy groups -OCH3 is 1. The summed E-state index contributed by atoms with van der Waals surface area (Å²) in [7, 11) is 1.41. The first-order valence-electron chi connectivity index (χ1n) is 9.87. The summed E-state index contributed by atoms with van der Waals surface area (Å²) in [6.45, 7) is 0.134. The van der Waals surface area contributed by atoms with Gasteiger partial charge in [0.05, 0.1) is 28.8 Å². The van der Waals surface area contributed by atoms with Gasteiger partial charge in [-0.2, -0.15) is 5.26 Å². The van der Waals surface area contributed by atoms with Crippen LogP contribution in [0.2, 0.25) is 10.0 Å². The number of non-ortho nitro benzene ring substituents is 1. The molecule has 0 unspecified atom stereocenters. The van der Waals surface area contributed by atoms with Crippen LogP contribution in [0.1, 0.15) is 11.1 Å². The van der Waals surface area contributed by atoms with Gasteiger partial charge in [0.2, 0.25) is 0 Å². The van der Waals surface area contributed by atoms with Crippen LogP contribution in [0.4, 0.5) is 11.4 Å². The smallest absolute Gasteiger partial charge is 0.273 e. The van der Waals surface area contributed by atoms with Crippen LogP contribution in [0.5, 0.6) is 17.2 Å². The highest BCUT2D eigenvalue weighted by Gasteiger charge is 2.17. The molecule has 3 aromatic carbocycles. The van der Waals surface area contributed by atoms with Crippen molar-refractivity contribution in [2.24, 2.45) is 0 Å². The molecule has 11 heteroatoms. The minimum atomic E-state index is -0.842. The Bertz CT molecular complexity index is 1370. The molecule has 0 aliphatic heterocycles. The maximum atomic E-state index is 12.6. The normalized spacial score (nSPS) is 10.9. The van der Waals surface area contributed by atoms with Crippen molar-refractivity contribution in [1.29, 1.82) is 5.26 Å². The number of amides is 1. The molecule has 0 aliphatic rings. The van der Waals surface area contributed by atoms with Gasteiger partial charge >= 0.3 is 0 Å². The van der Waals surface area contributed by atoms with Gasteiger partial charge in [-0.25, -0.2) is 0 Å². The molecule has 0 aromatic heterocycles. The Balaban J connectivity index is 1.83.